The van der Waals surface area contributed by atoms with Gasteiger partial charge in [0.15, 0.2) is 0 Å². The SMILES string of the molecule is CCOc1ccccc1C(O)CN(C)c1ccccc1C. The number of nitrogens with zero attached hydrogens (tertiary/aromatic N) is 1. The molecule has 1 atom stereocenters. The molecule has 0 saturated heterocycles. The molecule has 0 aliphatic rings. The monoisotopic (exact) mass is 285 g/mol. The summed E-state index contributed by atoms with van der Waals surface area (Å²) in [5.74, 6) is 0.755. The van der Waals surface area contributed by atoms with E-state index < -0.39 is 6.10 Å². The summed E-state index contributed by atoms with van der Waals surface area (Å²) in [5, 5.41) is 10.5. The van der Waals surface area contributed by atoms with Gasteiger partial charge >= 0.3 is 0 Å². The molecule has 0 aromatic heterocycles. The molecule has 112 valence electrons. The molecule has 1 unspecified atom stereocenters. The van der Waals surface area contributed by atoms with Crippen LogP contribution in [0.5, 0.6) is 5.75 Å². The van der Waals surface area contributed by atoms with Crippen LogP contribution in [0.2, 0.25) is 0 Å². The van der Waals surface area contributed by atoms with Gasteiger partial charge in [-0.25, -0.2) is 0 Å². The van der Waals surface area contributed by atoms with Crippen molar-refractivity contribution >= 4 is 5.69 Å². The van der Waals surface area contributed by atoms with Gasteiger partial charge in [0.25, 0.3) is 0 Å². The van der Waals surface area contributed by atoms with Crippen molar-refractivity contribution in [1.29, 1.82) is 0 Å². The summed E-state index contributed by atoms with van der Waals surface area (Å²) in [6, 6.07) is 15.8. The highest BCUT2D eigenvalue weighted by molar-refractivity contribution is 5.52. The Morgan fingerprint density at radius 3 is 2.48 bits per heavy atom. The third kappa shape index (κ3) is 3.76. The fourth-order valence-electron chi connectivity index (χ4n) is 2.49. The Hall–Kier alpha value is -2.00. The van der Waals surface area contributed by atoms with Crippen molar-refractivity contribution in [1.82, 2.24) is 0 Å². The van der Waals surface area contributed by atoms with Gasteiger partial charge in [0.05, 0.1) is 12.7 Å². The summed E-state index contributed by atoms with van der Waals surface area (Å²) in [6.45, 7) is 5.14. The second-order valence-electron chi connectivity index (χ2n) is 5.15. The Kier molecular flexibility index (Phi) is 5.23. The molecule has 0 heterocycles. The van der Waals surface area contributed by atoms with Crippen LogP contribution in [0.15, 0.2) is 48.5 Å². The first-order valence-electron chi connectivity index (χ1n) is 7.30. The number of anilines is 1. The highest BCUT2D eigenvalue weighted by Gasteiger charge is 2.16. The first-order valence-corrected chi connectivity index (χ1v) is 7.30. The van der Waals surface area contributed by atoms with E-state index in [0.29, 0.717) is 13.2 Å². The van der Waals surface area contributed by atoms with E-state index in [-0.39, 0.29) is 0 Å². The van der Waals surface area contributed by atoms with Crippen molar-refractivity contribution < 1.29 is 9.84 Å². The van der Waals surface area contributed by atoms with Crippen molar-refractivity contribution in [3.63, 3.8) is 0 Å². The summed E-state index contributed by atoms with van der Waals surface area (Å²) in [5.41, 5.74) is 3.16. The molecule has 1 N–H and O–H groups in total. The smallest absolute Gasteiger partial charge is 0.125 e. The van der Waals surface area contributed by atoms with Gasteiger partial charge < -0.3 is 14.7 Å². The number of aliphatic hydroxyl groups excluding tert-OH is 1. The van der Waals surface area contributed by atoms with Gasteiger partial charge in [-0.15, -0.1) is 0 Å². The fraction of sp³-hybridized carbons (Fsp3) is 0.333. The van der Waals surface area contributed by atoms with Crippen molar-refractivity contribution in [2.45, 2.75) is 20.0 Å². The first-order chi connectivity index (χ1) is 10.1. The number of hydrogen-bond donors (Lipinski definition) is 1. The van der Waals surface area contributed by atoms with Crippen LogP contribution >= 0.6 is 0 Å². The van der Waals surface area contributed by atoms with Crippen LogP contribution in [0, 0.1) is 6.92 Å². The first kappa shape index (κ1) is 15.4. The van der Waals surface area contributed by atoms with E-state index in [1.54, 1.807) is 0 Å². The van der Waals surface area contributed by atoms with Crippen molar-refractivity contribution in [3.8, 4) is 5.75 Å². The maximum absolute atomic E-state index is 10.5. The number of para-hydroxylation sites is 2. The quantitative estimate of drug-likeness (QED) is 0.881. The molecule has 2 aromatic carbocycles. The fourth-order valence-corrected chi connectivity index (χ4v) is 2.49. The maximum atomic E-state index is 10.5. The number of benzene rings is 2. The van der Waals surface area contributed by atoms with Crippen LogP contribution < -0.4 is 9.64 Å². The second-order valence-corrected chi connectivity index (χ2v) is 5.15. The molecule has 3 nitrogen and oxygen atoms in total. The lowest BCUT2D eigenvalue weighted by atomic mass is 10.1. The van der Waals surface area contributed by atoms with Crippen LogP contribution in [0.4, 0.5) is 5.69 Å². The number of hydrogen-bond acceptors (Lipinski definition) is 3. The lowest BCUT2D eigenvalue weighted by Gasteiger charge is -2.25. The summed E-state index contributed by atoms with van der Waals surface area (Å²) < 4.78 is 5.59. The Morgan fingerprint density at radius 2 is 1.76 bits per heavy atom. The predicted octanol–water partition coefficient (Wildman–Crippen LogP) is 3.56. The summed E-state index contributed by atoms with van der Waals surface area (Å²) in [4.78, 5) is 2.07. The van der Waals surface area contributed by atoms with E-state index in [4.69, 9.17) is 4.74 Å². The van der Waals surface area contributed by atoms with E-state index in [2.05, 4.69) is 24.0 Å². The molecular weight excluding hydrogens is 262 g/mol. The van der Waals surface area contributed by atoms with Gasteiger partial charge in [0, 0.05) is 24.8 Å². The minimum atomic E-state index is -0.586. The van der Waals surface area contributed by atoms with Crippen LogP contribution in [0.3, 0.4) is 0 Å². The Labute approximate surface area is 126 Å². The Morgan fingerprint density at radius 1 is 1.10 bits per heavy atom. The molecule has 2 aromatic rings. The number of rotatable bonds is 6. The number of ether oxygens (including phenoxy) is 1. The molecule has 0 fully saturated rings. The zero-order valence-corrected chi connectivity index (χ0v) is 12.9. The van der Waals surface area contributed by atoms with Gasteiger partial charge in [-0.1, -0.05) is 36.4 Å². The van der Waals surface area contributed by atoms with Gasteiger partial charge in [-0.3, -0.25) is 0 Å². The van der Waals surface area contributed by atoms with Crippen LogP contribution in [0.25, 0.3) is 0 Å². The third-order valence-electron chi connectivity index (χ3n) is 3.55. The zero-order valence-electron chi connectivity index (χ0n) is 12.9. The largest absolute Gasteiger partial charge is 0.493 e. The molecule has 0 radical (unpaired) electrons. The van der Waals surface area contributed by atoms with Gasteiger partial charge in [0.1, 0.15) is 5.75 Å². The van der Waals surface area contributed by atoms with E-state index in [9.17, 15) is 5.11 Å². The Bertz CT molecular complexity index is 583. The average Bonchev–Trinajstić information content (AvgIpc) is 2.48. The highest BCUT2D eigenvalue weighted by Crippen LogP contribution is 2.27. The van der Waals surface area contributed by atoms with Crippen LogP contribution in [0.1, 0.15) is 24.2 Å². The third-order valence-corrected chi connectivity index (χ3v) is 3.55. The second kappa shape index (κ2) is 7.14. The van der Waals surface area contributed by atoms with E-state index in [1.165, 1.54) is 5.56 Å². The molecule has 2 rings (SSSR count). The normalized spacial score (nSPS) is 12.0. The van der Waals surface area contributed by atoms with E-state index in [1.807, 2.05) is 50.4 Å². The summed E-state index contributed by atoms with van der Waals surface area (Å²) >= 11 is 0. The molecule has 21 heavy (non-hydrogen) atoms. The zero-order chi connectivity index (χ0) is 15.2. The van der Waals surface area contributed by atoms with E-state index >= 15 is 0 Å². The Balaban J connectivity index is 2.14. The van der Waals surface area contributed by atoms with Gasteiger partial charge in [0.2, 0.25) is 0 Å². The maximum Gasteiger partial charge on any atom is 0.125 e. The molecule has 0 bridgehead atoms. The standard InChI is InChI=1S/C18H23NO2/c1-4-21-18-12-8-6-10-15(18)17(20)13-19(3)16-11-7-5-9-14(16)2/h5-12,17,20H,4,13H2,1-3H3. The molecule has 3 heteroatoms. The van der Waals surface area contributed by atoms with Crippen molar-refractivity contribution in [3.05, 3.63) is 59.7 Å². The summed E-state index contributed by atoms with van der Waals surface area (Å²) in [7, 11) is 1.99. The van der Waals surface area contributed by atoms with Gasteiger partial charge in [-0.05, 0) is 31.5 Å². The average molecular weight is 285 g/mol. The van der Waals surface area contributed by atoms with E-state index in [0.717, 1.165) is 17.0 Å². The van der Waals surface area contributed by atoms with Crippen molar-refractivity contribution in [2.75, 3.05) is 25.1 Å². The molecule has 0 amide bonds. The number of likely N-dealkylation sites (N-methyl/N-ethyl adjacent to an activating group) is 1. The van der Waals surface area contributed by atoms with Crippen LogP contribution in [-0.2, 0) is 0 Å². The molecular formula is C18H23NO2. The van der Waals surface area contributed by atoms with Crippen LogP contribution in [-0.4, -0.2) is 25.3 Å². The lowest BCUT2D eigenvalue weighted by Crippen LogP contribution is -2.25. The molecule has 0 spiro atoms. The number of aryl methyl sites for hydroxylation is 1. The van der Waals surface area contributed by atoms with Gasteiger partial charge in [-0.2, -0.15) is 0 Å². The molecule has 0 aliphatic heterocycles. The molecule has 0 aliphatic carbocycles. The minimum Gasteiger partial charge on any atom is -0.493 e. The minimum absolute atomic E-state index is 0.523. The molecule has 0 saturated carbocycles. The highest BCUT2D eigenvalue weighted by atomic mass is 16.5. The summed E-state index contributed by atoms with van der Waals surface area (Å²) in [6.07, 6.45) is -0.586. The topological polar surface area (TPSA) is 32.7 Å². The lowest BCUT2D eigenvalue weighted by molar-refractivity contribution is 0.178. The van der Waals surface area contributed by atoms with Crippen molar-refractivity contribution in [2.24, 2.45) is 0 Å². The predicted molar refractivity (Wildman–Crippen MR) is 87.0 cm³/mol. The number of aliphatic hydroxyl groups is 1.